The Morgan fingerprint density at radius 3 is 2.95 bits per heavy atom. The summed E-state index contributed by atoms with van der Waals surface area (Å²) in [5.41, 5.74) is 0.425. The lowest BCUT2D eigenvalue weighted by Gasteiger charge is -2.09. The number of nitrogens with one attached hydrogen (secondary N) is 2. The lowest BCUT2D eigenvalue weighted by molar-refractivity contribution is 0.0938. The SMILES string of the molecule is CC(NC(=O)c1ccc(-n2cncn2)nc1)c1nn[nH]n1. The average molecular weight is 285 g/mol. The van der Waals surface area contributed by atoms with Gasteiger partial charge < -0.3 is 5.32 Å². The summed E-state index contributed by atoms with van der Waals surface area (Å²) in [6, 6.07) is 2.98. The standard InChI is InChI=1S/C11H11N9O/c1-7(10-16-18-19-17-10)15-11(21)8-2-3-9(13-4-8)20-6-12-5-14-20/h2-7H,1H3,(H,15,21)(H,16,17,18,19). The predicted molar refractivity (Wildman–Crippen MR) is 69.2 cm³/mol. The lowest BCUT2D eigenvalue weighted by atomic mass is 10.2. The second-order valence-corrected chi connectivity index (χ2v) is 4.21. The monoisotopic (exact) mass is 285 g/mol. The summed E-state index contributed by atoms with van der Waals surface area (Å²) in [6.07, 6.45) is 4.41. The molecule has 3 aromatic rings. The topological polar surface area (TPSA) is 127 Å². The van der Waals surface area contributed by atoms with Gasteiger partial charge in [-0.3, -0.25) is 4.79 Å². The fourth-order valence-corrected chi connectivity index (χ4v) is 1.68. The van der Waals surface area contributed by atoms with E-state index in [-0.39, 0.29) is 11.9 Å². The summed E-state index contributed by atoms with van der Waals surface area (Å²) < 4.78 is 1.50. The summed E-state index contributed by atoms with van der Waals surface area (Å²) in [4.78, 5) is 20.1. The molecule has 1 unspecified atom stereocenters. The largest absolute Gasteiger partial charge is 0.342 e. The first kappa shape index (κ1) is 12.8. The number of carbonyl (C=O) groups is 1. The quantitative estimate of drug-likeness (QED) is 0.671. The highest BCUT2D eigenvalue weighted by atomic mass is 16.1. The van der Waals surface area contributed by atoms with Gasteiger partial charge in [0.2, 0.25) is 0 Å². The van der Waals surface area contributed by atoms with Crippen LogP contribution < -0.4 is 5.32 Å². The Balaban J connectivity index is 1.70. The second kappa shape index (κ2) is 5.45. The molecule has 3 heterocycles. The Morgan fingerprint density at radius 1 is 1.43 bits per heavy atom. The van der Waals surface area contributed by atoms with Crippen LogP contribution in [0.1, 0.15) is 29.1 Å². The fraction of sp³-hybridized carbons (Fsp3) is 0.182. The summed E-state index contributed by atoms with van der Waals surface area (Å²) in [6.45, 7) is 1.76. The van der Waals surface area contributed by atoms with Crippen LogP contribution in [0, 0.1) is 0 Å². The molecule has 1 atom stereocenters. The molecule has 3 aromatic heterocycles. The predicted octanol–water partition coefficient (Wildman–Crippen LogP) is -0.334. The van der Waals surface area contributed by atoms with Crippen LogP contribution in [0.15, 0.2) is 31.0 Å². The minimum atomic E-state index is -0.355. The minimum absolute atomic E-state index is 0.273. The Morgan fingerprint density at radius 2 is 2.33 bits per heavy atom. The van der Waals surface area contributed by atoms with Crippen molar-refractivity contribution in [2.45, 2.75) is 13.0 Å². The molecule has 0 spiro atoms. The first-order valence-corrected chi connectivity index (χ1v) is 6.09. The van der Waals surface area contributed by atoms with Crippen molar-refractivity contribution in [3.63, 3.8) is 0 Å². The van der Waals surface area contributed by atoms with Crippen molar-refractivity contribution in [1.82, 2.24) is 45.7 Å². The van der Waals surface area contributed by atoms with E-state index < -0.39 is 0 Å². The van der Waals surface area contributed by atoms with E-state index in [0.717, 1.165) is 0 Å². The number of carbonyl (C=O) groups excluding carboxylic acids is 1. The molecule has 10 heteroatoms. The van der Waals surface area contributed by atoms with E-state index in [4.69, 9.17) is 0 Å². The van der Waals surface area contributed by atoms with Gasteiger partial charge in [-0.25, -0.2) is 14.6 Å². The second-order valence-electron chi connectivity index (χ2n) is 4.21. The molecular weight excluding hydrogens is 274 g/mol. The van der Waals surface area contributed by atoms with Crippen molar-refractivity contribution in [3.8, 4) is 5.82 Å². The van der Waals surface area contributed by atoms with Crippen molar-refractivity contribution in [2.75, 3.05) is 0 Å². The average Bonchev–Trinajstić information content (AvgIpc) is 3.20. The third-order valence-electron chi connectivity index (χ3n) is 2.76. The van der Waals surface area contributed by atoms with Gasteiger partial charge in [0.25, 0.3) is 5.91 Å². The summed E-state index contributed by atoms with van der Waals surface area (Å²) in [5, 5.41) is 20.1. The van der Waals surface area contributed by atoms with E-state index in [1.165, 1.54) is 23.5 Å². The van der Waals surface area contributed by atoms with Crippen LogP contribution in [0.3, 0.4) is 0 Å². The number of hydrogen-bond donors (Lipinski definition) is 2. The molecule has 0 aliphatic carbocycles. The Labute approximate surface area is 118 Å². The van der Waals surface area contributed by atoms with E-state index in [2.05, 4.69) is 41.0 Å². The van der Waals surface area contributed by atoms with Crippen molar-refractivity contribution >= 4 is 5.91 Å². The zero-order valence-corrected chi connectivity index (χ0v) is 11.0. The molecule has 2 N–H and O–H groups in total. The highest BCUT2D eigenvalue weighted by molar-refractivity contribution is 5.94. The first-order valence-electron chi connectivity index (χ1n) is 6.09. The number of pyridine rings is 1. The van der Waals surface area contributed by atoms with E-state index in [1.54, 1.807) is 19.1 Å². The molecular formula is C11H11N9O. The number of nitrogens with zero attached hydrogens (tertiary/aromatic N) is 7. The molecule has 0 aliphatic heterocycles. The number of hydrogen-bond acceptors (Lipinski definition) is 7. The number of tetrazole rings is 1. The van der Waals surface area contributed by atoms with Crippen LogP contribution >= 0.6 is 0 Å². The minimum Gasteiger partial charge on any atom is -0.342 e. The van der Waals surface area contributed by atoms with Crippen molar-refractivity contribution in [3.05, 3.63) is 42.4 Å². The molecule has 0 radical (unpaired) electrons. The summed E-state index contributed by atoms with van der Waals surface area (Å²) in [7, 11) is 0. The van der Waals surface area contributed by atoms with Gasteiger partial charge in [-0.05, 0) is 19.1 Å². The Hall–Kier alpha value is -3.17. The van der Waals surface area contributed by atoms with Gasteiger partial charge in [0, 0.05) is 6.20 Å². The molecule has 1 amide bonds. The normalized spacial score (nSPS) is 12.0. The van der Waals surface area contributed by atoms with E-state index in [0.29, 0.717) is 17.2 Å². The van der Waals surface area contributed by atoms with Crippen LogP contribution in [-0.2, 0) is 0 Å². The van der Waals surface area contributed by atoms with Crippen LogP contribution in [0.5, 0.6) is 0 Å². The number of amides is 1. The molecule has 0 saturated heterocycles. The van der Waals surface area contributed by atoms with Crippen LogP contribution in [0.4, 0.5) is 0 Å². The number of rotatable bonds is 4. The maximum absolute atomic E-state index is 12.1. The molecule has 0 aliphatic rings. The van der Waals surface area contributed by atoms with Gasteiger partial charge in [0.15, 0.2) is 11.6 Å². The third kappa shape index (κ3) is 2.73. The third-order valence-corrected chi connectivity index (χ3v) is 2.76. The van der Waals surface area contributed by atoms with Gasteiger partial charge in [0.1, 0.15) is 12.7 Å². The van der Waals surface area contributed by atoms with E-state index in [9.17, 15) is 4.79 Å². The molecule has 0 saturated carbocycles. The van der Waals surface area contributed by atoms with Crippen LogP contribution in [0.2, 0.25) is 0 Å². The molecule has 10 nitrogen and oxygen atoms in total. The van der Waals surface area contributed by atoms with Gasteiger partial charge >= 0.3 is 0 Å². The van der Waals surface area contributed by atoms with Crippen LogP contribution in [-0.4, -0.2) is 46.3 Å². The smallest absolute Gasteiger partial charge is 0.253 e. The van der Waals surface area contributed by atoms with E-state index >= 15 is 0 Å². The molecule has 21 heavy (non-hydrogen) atoms. The highest BCUT2D eigenvalue weighted by Gasteiger charge is 2.15. The van der Waals surface area contributed by atoms with Gasteiger partial charge in [-0.2, -0.15) is 10.3 Å². The van der Waals surface area contributed by atoms with E-state index in [1.807, 2.05) is 0 Å². The highest BCUT2D eigenvalue weighted by Crippen LogP contribution is 2.08. The van der Waals surface area contributed by atoms with Gasteiger partial charge in [0.05, 0.1) is 11.6 Å². The Bertz CT molecular complexity index is 705. The number of aromatic amines is 1. The molecule has 0 fully saturated rings. The van der Waals surface area contributed by atoms with Gasteiger partial charge in [-0.1, -0.05) is 5.21 Å². The van der Waals surface area contributed by atoms with Gasteiger partial charge in [-0.15, -0.1) is 10.2 Å². The summed E-state index contributed by atoms with van der Waals surface area (Å²) >= 11 is 0. The molecule has 0 aromatic carbocycles. The number of aromatic nitrogens is 8. The van der Waals surface area contributed by atoms with Crippen LogP contribution in [0.25, 0.3) is 5.82 Å². The van der Waals surface area contributed by atoms with Crippen molar-refractivity contribution in [1.29, 1.82) is 0 Å². The molecule has 106 valence electrons. The maximum atomic E-state index is 12.1. The van der Waals surface area contributed by atoms with Crippen molar-refractivity contribution in [2.24, 2.45) is 0 Å². The Kier molecular flexibility index (Phi) is 3.33. The maximum Gasteiger partial charge on any atom is 0.253 e. The fourth-order valence-electron chi connectivity index (χ4n) is 1.68. The number of H-pyrrole nitrogens is 1. The zero-order chi connectivity index (χ0) is 14.7. The lowest BCUT2D eigenvalue weighted by Crippen LogP contribution is -2.27. The molecule has 0 bridgehead atoms. The van der Waals surface area contributed by atoms with Crippen molar-refractivity contribution < 1.29 is 4.79 Å². The summed E-state index contributed by atoms with van der Waals surface area (Å²) in [5.74, 6) is 0.718. The molecule has 3 rings (SSSR count). The first-order chi connectivity index (χ1) is 10.2. The zero-order valence-electron chi connectivity index (χ0n) is 11.0.